The smallest absolute Gasteiger partial charge is 0.241 e. The second-order valence-electron chi connectivity index (χ2n) is 8.98. The van der Waals surface area contributed by atoms with E-state index in [0.29, 0.717) is 24.4 Å². The summed E-state index contributed by atoms with van der Waals surface area (Å²) in [5.41, 5.74) is -0.589. The maximum Gasteiger partial charge on any atom is 0.241 e. The minimum atomic E-state index is -1.22. The van der Waals surface area contributed by atoms with Crippen LogP contribution in [0.3, 0.4) is 0 Å². The highest BCUT2D eigenvalue weighted by Gasteiger charge is 2.57. The Hall–Kier alpha value is -2.41. The lowest BCUT2D eigenvalue weighted by Gasteiger charge is -2.35. The molecule has 1 aromatic carbocycles. The minimum absolute atomic E-state index is 0.00991. The minimum Gasteiger partial charge on any atom is -0.496 e. The van der Waals surface area contributed by atoms with Crippen LogP contribution in [-0.4, -0.2) is 67.0 Å². The van der Waals surface area contributed by atoms with Gasteiger partial charge in [0.2, 0.25) is 17.7 Å². The number of hydrogen-bond acceptors (Lipinski definition) is 5. The van der Waals surface area contributed by atoms with Gasteiger partial charge in [0, 0.05) is 44.6 Å². The number of imide groups is 1. The molecule has 4 rings (SSSR count). The van der Waals surface area contributed by atoms with Gasteiger partial charge in [-0.05, 0) is 31.7 Å². The average molecular weight is 429 g/mol. The van der Waals surface area contributed by atoms with E-state index in [-0.39, 0.29) is 42.7 Å². The lowest BCUT2D eigenvalue weighted by Crippen LogP contribution is -2.48. The lowest BCUT2D eigenvalue weighted by atomic mass is 9.75. The number of carbonyl (C=O) groups is 3. The summed E-state index contributed by atoms with van der Waals surface area (Å²) in [4.78, 5) is 43.7. The normalized spacial score (nSPS) is 27.2. The summed E-state index contributed by atoms with van der Waals surface area (Å²) in [6.45, 7) is 1.17. The first kappa shape index (κ1) is 21.8. The first-order valence-corrected chi connectivity index (χ1v) is 11.3. The number of likely N-dealkylation sites (tertiary alicyclic amines) is 2. The zero-order valence-corrected chi connectivity index (χ0v) is 18.5. The van der Waals surface area contributed by atoms with Crippen molar-refractivity contribution in [3.63, 3.8) is 0 Å². The van der Waals surface area contributed by atoms with Gasteiger partial charge in [0.25, 0.3) is 0 Å². The number of amides is 3. The van der Waals surface area contributed by atoms with Gasteiger partial charge in [-0.15, -0.1) is 0 Å². The highest BCUT2D eigenvalue weighted by atomic mass is 16.5. The summed E-state index contributed by atoms with van der Waals surface area (Å²) in [6.07, 6.45) is 5.51. The molecule has 0 spiro atoms. The fraction of sp³-hybridized carbons (Fsp3) is 0.625. The van der Waals surface area contributed by atoms with Gasteiger partial charge in [-0.2, -0.15) is 0 Å². The van der Waals surface area contributed by atoms with Gasteiger partial charge in [-0.1, -0.05) is 31.0 Å². The standard InChI is InChI=1S/C24H32N2O5/c1-30-18-10-7-13-25(16-18)21(27)14-24(19-11-5-6-12-20(19)31-2)15-22(28)26(23(24)29)17-8-3-4-9-17/h5-6,11-12,17-18H,3-4,7-10,13-16H2,1-2H3. The van der Waals surface area contributed by atoms with Crippen molar-refractivity contribution in [3.05, 3.63) is 29.8 Å². The van der Waals surface area contributed by atoms with Gasteiger partial charge in [0.15, 0.2) is 0 Å². The Morgan fingerprint density at radius 2 is 1.84 bits per heavy atom. The van der Waals surface area contributed by atoms with E-state index in [4.69, 9.17) is 9.47 Å². The summed E-state index contributed by atoms with van der Waals surface area (Å²) in [5, 5.41) is 0. The Morgan fingerprint density at radius 3 is 2.55 bits per heavy atom. The Bertz CT molecular complexity index is 850. The molecule has 1 saturated carbocycles. The number of para-hydroxylation sites is 1. The average Bonchev–Trinajstić information content (AvgIpc) is 3.40. The fourth-order valence-corrected chi connectivity index (χ4v) is 5.51. The summed E-state index contributed by atoms with van der Waals surface area (Å²) < 4.78 is 11.0. The largest absolute Gasteiger partial charge is 0.496 e. The number of benzene rings is 1. The maximum absolute atomic E-state index is 13.9. The van der Waals surface area contributed by atoms with Gasteiger partial charge >= 0.3 is 0 Å². The van der Waals surface area contributed by atoms with Crippen molar-refractivity contribution >= 4 is 17.7 Å². The molecule has 0 N–H and O–H groups in total. The quantitative estimate of drug-likeness (QED) is 0.651. The first-order valence-electron chi connectivity index (χ1n) is 11.3. The third-order valence-electron chi connectivity index (χ3n) is 7.18. The number of piperidine rings is 1. The molecule has 2 aliphatic heterocycles. The number of carbonyl (C=O) groups excluding carboxylic acids is 3. The van der Waals surface area contributed by atoms with Crippen LogP contribution in [0.5, 0.6) is 5.75 Å². The van der Waals surface area contributed by atoms with E-state index in [2.05, 4.69) is 0 Å². The van der Waals surface area contributed by atoms with E-state index < -0.39 is 5.41 Å². The van der Waals surface area contributed by atoms with Gasteiger partial charge in [0.1, 0.15) is 5.75 Å². The number of methoxy groups -OCH3 is 2. The SMILES string of the molecule is COc1ccccc1C1(CC(=O)N2CCCC(OC)C2)CC(=O)N(C2CCCC2)C1=O. The van der Waals surface area contributed by atoms with E-state index in [0.717, 1.165) is 38.5 Å². The Morgan fingerprint density at radius 1 is 1.10 bits per heavy atom. The molecule has 7 nitrogen and oxygen atoms in total. The van der Waals surface area contributed by atoms with Crippen molar-refractivity contribution in [1.29, 1.82) is 0 Å². The van der Waals surface area contributed by atoms with Crippen LogP contribution in [0.1, 0.15) is 56.9 Å². The van der Waals surface area contributed by atoms with Crippen molar-refractivity contribution < 1.29 is 23.9 Å². The topological polar surface area (TPSA) is 76.2 Å². The number of ether oxygens (including phenoxy) is 2. The van der Waals surface area contributed by atoms with Crippen molar-refractivity contribution in [2.24, 2.45) is 0 Å². The van der Waals surface area contributed by atoms with Crippen molar-refractivity contribution in [2.75, 3.05) is 27.3 Å². The molecule has 0 bridgehead atoms. The summed E-state index contributed by atoms with van der Waals surface area (Å²) in [6, 6.07) is 7.23. The van der Waals surface area contributed by atoms with Gasteiger partial charge in [-0.3, -0.25) is 19.3 Å². The molecule has 3 amide bonds. The molecule has 2 atom stereocenters. The zero-order chi connectivity index (χ0) is 22.0. The summed E-state index contributed by atoms with van der Waals surface area (Å²) >= 11 is 0. The van der Waals surface area contributed by atoms with Crippen molar-refractivity contribution in [2.45, 2.75) is 68.9 Å². The first-order chi connectivity index (χ1) is 15.0. The van der Waals surface area contributed by atoms with Crippen LogP contribution in [0.25, 0.3) is 0 Å². The Labute approximate surface area is 183 Å². The monoisotopic (exact) mass is 428 g/mol. The molecular formula is C24H32N2O5. The van der Waals surface area contributed by atoms with Crippen LogP contribution in [0.4, 0.5) is 0 Å². The van der Waals surface area contributed by atoms with Crippen LogP contribution >= 0.6 is 0 Å². The molecule has 3 aliphatic rings. The highest BCUT2D eigenvalue weighted by Crippen LogP contribution is 2.46. The third kappa shape index (κ3) is 3.95. The van der Waals surface area contributed by atoms with E-state index in [1.807, 2.05) is 18.2 Å². The third-order valence-corrected chi connectivity index (χ3v) is 7.18. The number of rotatable bonds is 6. The van der Waals surface area contributed by atoms with Crippen LogP contribution in [0, 0.1) is 0 Å². The molecule has 7 heteroatoms. The second-order valence-corrected chi connectivity index (χ2v) is 8.98. The van der Waals surface area contributed by atoms with E-state index in [9.17, 15) is 14.4 Å². The molecule has 1 aliphatic carbocycles. The van der Waals surface area contributed by atoms with E-state index in [1.54, 1.807) is 25.2 Å². The predicted molar refractivity (Wildman–Crippen MR) is 115 cm³/mol. The van der Waals surface area contributed by atoms with Crippen LogP contribution in [-0.2, 0) is 24.5 Å². The van der Waals surface area contributed by atoms with E-state index in [1.165, 1.54) is 4.90 Å². The maximum atomic E-state index is 13.9. The number of nitrogens with zero attached hydrogens (tertiary/aromatic N) is 2. The molecule has 0 aromatic heterocycles. The molecule has 0 radical (unpaired) electrons. The van der Waals surface area contributed by atoms with Crippen molar-refractivity contribution in [1.82, 2.24) is 9.80 Å². The van der Waals surface area contributed by atoms with Crippen molar-refractivity contribution in [3.8, 4) is 5.75 Å². The molecule has 1 aromatic rings. The lowest BCUT2D eigenvalue weighted by molar-refractivity contribution is -0.145. The fourth-order valence-electron chi connectivity index (χ4n) is 5.51. The summed E-state index contributed by atoms with van der Waals surface area (Å²) in [7, 11) is 3.21. The molecule has 2 unspecified atom stereocenters. The second kappa shape index (κ2) is 8.99. The zero-order valence-electron chi connectivity index (χ0n) is 18.5. The van der Waals surface area contributed by atoms with Crippen LogP contribution < -0.4 is 4.74 Å². The Balaban J connectivity index is 1.69. The molecule has 31 heavy (non-hydrogen) atoms. The molecule has 3 fully saturated rings. The number of hydrogen-bond donors (Lipinski definition) is 0. The van der Waals surface area contributed by atoms with Gasteiger partial charge < -0.3 is 14.4 Å². The highest BCUT2D eigenvalue weighted by molar-refractivity contribution is 6.11. The van der Waals surface area contributed by atoms with Crippen LogP contribution in [0.2, 0.25) is 0 Å². The van der Waals surface area contributed by atoms with Crippen LogP contribution in [0.15, 0.2) is 24.3 Å². The molecular weight excluding hydrogens is 396 g/mol. The van der Waals surface area contributed by atoms with Gasteiger partial charge in [-0.25, -0.2) is 0 Å². The predicted octanol–water partition coefficient (Wildman–Crippen LogP) is 2.66. The Kier molecular flexibility index (Phi) is 6.32. The molecule has 168 valence electrons. The summed E-state index contributed by atoms with van der Waals surface area (Å²) in [5.74, 6) is 0.00628. The van der Waals surface area contributed by atoms with E-state index >= 15 is 0 Å². The molecule has 2 saturated heterocycles. The van der Waals surface area contributed by atoms with Gasteiger partial charge in [0.05, 0.1) is 18.6 Å². The molecule has 2 heterocycles.